The first-order valence-corrected chi connectivity index (χ1v) is 10.3. The molecule has 3 rings (SSSR count). The molecule has 0 radical (unpaired) electrons. The SMILES string of the molecule is O=S(=O)(Oc1ccc(OS(=O)(=O)c2ccccc2)cc1)c1ccccc1. The Bertz CT molecular complexity index is 985. The first kappa shape index (κ1) is 18.0. The van der Waals surface area contributed by atoms with Gasteiger partial charge in [0.05, 0.1) is 0 Å². The van der Waals surface area contributed by atoms with Crippen LogP contribution in [-0.4, -0.2) is 16.8 Å². The highest BCUT2D eigenvalue weighted by molar-refractivity contribution is 7.87. The lowest BCUT2D eigenvalue weighted by molar-refractivity contribution is 0.478. The summed E-state index contributed by atoms with van der Waals surface area (Å²) < 4.78 is 58.7. The predicted molar refractivity (Wildman–Crippen MR) is 95.0 cm³/mol. The summed E-state index contributed by atoms with van der Waals surface area (Å²) in [5, 5.41) is 0. The van der Waals surface area contributed by atoms with Crippen LogP contribution < -0.4 is 8.37 Å². The summed E-state index contributed by atoms with van der Waals surface area (Å²) in [6, 6.07) is 20.7. The quantitative estimate of drug-likeness (QED) is 0.601. The predicted octanol–water partition coefficient (Wildman–Crippen LogP) is 3.22. The van der Waals surface area contributed by atoms with Gasteiger partial charge in [-0.05, 0) is 48.5 Å². The van der Waals surface area contributed by atoms with Crippen molar-refractivity contribution in [2.75, 3.05) is 0 Å². The normalized spacial score (nSPS) is 11.7. The zero-order valence-electron chi connectivity index (χ0n) is 13.3. The van der Waals surface area contributed by atoms with Crippen LogP contribution in [0.25, 0.3) is 0 Å². The van der Waals surface area contributed by atoms with Gasteiger partial charge in [0.2, 0.25) is 0 Å². The standard InChI is InChI=1S/C18H14O6S2/c19-25(20,17-7-3-1-4-8-17)23-15-11-13-16(14-12-15)24-26(21,22)18-9-5-2-6-10-18/h1-14H. The minimum Gasteiger partial charge on any atom is -0.379 e. The fraction of sp³-hybridized carbons (Fsp3) is 0. The molecule has 0 saturated carbocycles. The van der Waals surface area contributed by atoms with E-state index in [9.17, 15) is 16.8 Å². The molecule has 0 heterocycles. The highest BCUT2D eigenvalue weighted by atomic mass is 32.2. The van der Waals surface area contributed by atoms with E-state index in [4.69, 9.17) is 8.37 Å². The summed E-state index contributed by atoms with van der Waals surface area (Å²) in [5.74, 6) is 0.0802. The summed E-state index contributed by atoms with van der Waals surface area (Å²) in [5.41, 5.74) is 0. The molecule has 0 aromatic heterocycles. The van der Waals surface area contributed by atoms with Gasteiger partial charge in [0, 0.05) is 0 Å². The zero-order valence-corrected chi connectivity index (χ0v) is 15.0. The van der Waals surface area contributed by atoms with Crippen LogP contribution in [0.15, 0.2) is 94.7 Å². The van der Waals surface area contributed by atoms with Gasteiger partial charge >= 0.3 is 20.2 Å². The average molecular weight is 390 g/mol. The van der Waals surface area contributed by atoms with Crippen molar-refractivity contribution in [1.82, 2.24) is 0 Å². The molecular weight excluding hydrogens is 376 g/mol. The third-order valence-electron chi connectivity index (χ3n) is 3.30. The maximum atomic E-state index is 12.2. The molecule has 0 aliphatic rings. The fourth-order valence-electron chi connectivity index (χ4n) is 2.07. The Morgan fingerprint density at radius 2 is 0.769 bits per heavy atom. The van der Waals surface area contributed by atoms with Gasteiger partial charge in [0.1, 0.15) is 21.3 Å². The molecule has 0 bridgehead atoms. The second kappa shape index (κ2) is 7.19. The van der Waals surface area contributed by atoms with Gasteiger partial charge in [-0.3, -0.25) is 0 Å². The van der Waals surface area contributed by atoms with Crippen LogP contribution in [0.5, 0.6) is 11.5 Å². The van der Waals surface area contributed by atoms with Crippen molar-refractivity contribution in [2.24, 2.45) is 0 Å². The summed E-state index contributed by atoms with van der Waals surface area (Å²) in [6.07, 6.45) is 0. The van der Waals surface area contributed by atoms with Gasteiger partial charge in [-0.15, -0.1) is 0 Å². The lowest BCUT2D eigenvalue weighted by Crippen LogP contribution is -2.10. The van der Waals surface area contributed by atoms with E-state index in [-0.39, 0.29) is 21.3 Å². The molecule has 6 nitrogen and oxygen atoms in total. The fourth-order valence-corrected chi connectivity index (χ4v) is 3.98. The largest absolute Gasteiger partial charge is 0.379 e. The number of rotatable bonds is 6. The Balaban J connectivity index is 1.75. The second-order valence-electron chi connectivity index (χ2n) is 5.17. The molecule has 0 amide bonds. The van der Waals surface area contributed by atoms with E-state index in [1.165, 1.54) is 48.5 Å². The Morgan fingerprint density at radius 3 is 1.08 bits per heavy atom. The lowest BCUT2D eigenvalue weighted by Gasteiger charge is -2.09. The van der Waals surface area contributed by atoms with Gasteiger partial charge < -0.3 is 8.37 Å². The van der Waals surface area contributed by atoms with Crippen molar-refractivity contribution in [1.29, 1.82) is 0 Å². The van der Waals surface area contributed by atoms with Gasteiger partial charge in [-0.25, -0.2) is 0 Å². The molecule has 0 saturated heterocycles. The Morgan fingerprint density at radius 1 is 0.462 bits per heavy atom. The average Bonchev–Trinajstić information content (AvgIpc) is 2.64. The van der Waals surface area contributed by atoms with Crippen molar-refractivity contribution >= 4 is 20.2 Å². The second-order valence-corrected chi connectivity index (χ2v) is 8.27. The highest BCUT2D eigenvalue weighted by Crippen LogP contribution is 2.24. The van der Waals surface area contributed by atoms with Crippen LogP contribution >= 0.6 is 0 Å². The number of hydrogen-bond donors (Lipinski definition) is 0. The Labute approximate surface area is 151 Å². The molecule has 26 heavy (non-hydrogen) atoms. The molecule has 0 aliphatic heterocycles. The Hall–Kier alpha value is -2.84. The lowest BCUT2D eigenvalue weighted by atomic mass is 10.3. The van der Waals surface area contributed by atoms with Gasteiger partial charge in [-0.2, -0.15) is 16.8 Å². The third kappa shape index (κ3) is 4.22. The van der Waals surface area contributed by atoms with E-state index < -0.39 is 20.2 Å². The van der Waals surface area contributed by atoms with E-state index in [2.05, 4.69) is 0 Å². The summed E-state index contributed by atoms with van der Waals surface area (Å²) in [6.45, 7) is 0. The van der Waals surface area contributed by atoms with E-state index in [0.29, 0.717) is 0 Å². The number of benzene rings is 3. The summed E-state index contributed by atoms with van der Waals surface area (Å²) in [7, 11) is -7.93. The molecule has 0 fully saturated rings. The van der Waals surface area contributed by atoms with Crippen LogP contribution in [0.1, 0.15) is 0 Å². The maximum absolute atomic E-state index is 12.2. The monoisotopic (exact) mass is 390 g/mol. The van der Waals surface area contributed by atoms with Crippen LogP contribution in [0.3, 0.4) is 0 Å². The summed E-state index contributed by atoms with van der Waals surface area (Å²) >= 11 is 0. The molecule has 0 N–H and O–H groups in total. The Kier molecular flexibility index (Phi) is 4.97. The molecule has 3 aromatic carbocycles. The van der Waals surface area contributed by atoms with Gasteiger partial charge in [-0.1, -0.05) is 36.4 Å². The zero-order chi connectivity index (χ0) is 18.6. The van der Waals surface area contributed by atoms with Gasteiger partial charge in [0.15, 0.2) is 0 Å². The first-order chi connectivity index (χ1) is 12.4. The molecule has 3 aromatic rings. The minimum absolute atomic E-state index is 0.0204. The topological polar surface area (TPSA) is 86.7 Å². The van der Waals surface area contributed by atoms with Gasteiger partial charge in [0.25, 0.3) is 0 Å². The van der Waals surface area contributed by atoms with E-state index in [1.54, 1.807) is 36.4 Å². The maximum Gasteiger partial charge on any atom is 0.339 e. The highest BCUT2D eigenvalue weighted by Gasteiger charge is 2.18. The van der Waals surface area contributed by atoms with Crippen molar-refractivity contribution in [3.63, 3.8) is 0 Å². The van der Waals surface area contributed by atoms with Crippen LogP contribution in [0.4, 0.5) is 0 Å². The summed E-state index contributed by atoms with van der Waals surface area (Å²) in [4.78, 5) is 0.0407. The van der Waals surface area contributed by atoms with Crippen LogP contribution in [-0.2, 0) is 20.2 Å². The molecular formula is C18H14O6S2. The molecule has 134 valence electrons. The minimum atomic E-state index is -3.96. The molecule has 0 unspecified atom stereocenters. The molecule has 0 spiro atoms. The van der Waals surface area contributed by atoms with E-state index in [1.807, 2.05) is 0 Å². The van der Waals surface area contributed by atoms with Crippen LogP contribution in [0, 0.1) is 0 Å². The smallest absolute Gasteiger partial charge is 0.339 e. The molecule has 8 heteroatoms. The molecule has 0 atom stereocenters. The van der Waals surface area contributed by atoms with Crippen LogP contribution in [0.2, 0.25) is 0 Å². The van der Waals surface area contributed by atoms with Crippen molar-refractivity contribution in [3.8, 4) is 11.5 Å². The number of hydrogen-bond acceptors (Lipinski definition) is 6. The molecule has 0 aliphatic carbocycles. The van der Waals surface area contributed by atoms with E-state index >= 15 is 0 Å². The van der Waals surface area contributed by atoms with E-state index in [0.717, 1.165) is 0 Å². The third-order valence-corrected chi connectivity index (χ3v) is 5.82. The van der Waals surface area contributed by atoms with Crippen molar-refractivity contribution < 1.29 is 25.2 Å². The van der Waals surface area contributed by atoms with Crippen molar-refractivity contribution in [3.05, 3.63) is 84.9 Å². The van der Waals surface area contributed by atoms with Crippen molar-refractivity contribution in [2.45, 2.75) is 9.79 Å². The first-order valence-electron chi connectivity index (χ1n) is 7.46.